The van der Waals surface area contributed by atoms with Crippen LogP contribution >= 0.6 is 47.2 Å². The maximum Gasteiger partial charge on any atom is 0.244 e. The van der Waals surface area contributed by atoms with Crippen LogP contribution in [0.3, 0.4) is 0 Å². The molecular formula is C17H18Cl4N2O2S. The molecule has 0 atom stereocenters. The van der Waals surface area contributed by atoms with Gasteiger partial charge in [-0.05, 0) is 35.9 Å². The topological polar surface area (TPSA) is 40.6 Å². The highest BCUT2D eigenvalue weighted by atomic mass is 35.5. The minimum absolute atomic E-state index is 0. The standard InChI is InChI=1S/C17H17Cl3N2O2S.ClH/c18-14-3-1-13(2-4-14)12-21-7-9-22(10-8-21)25(23,24)17-11-15(19)5-6-16(17)20;/h1-6,11H,7-10,12H2;1H. The molecule has 1 saturated heterocycles. The van der Waals surface area contributed by atoms with E-state index < -0.39 is 10.0 Å². The smallest absolute Gasteiger partial charge is 0.244 e. The van der Waals surface area contributed by atoms with E-state index in [2.05, 4.69) is 4.90 Å². The molecule has 1 aliphatic heterocycles. The van der Waals surface area contributed by atoms with Crippen molar-refractivity contribution in [3.05, 3.63) is 63.1 Å². The summed E-state index contributed by atoms with van der Waals surface area (Å²) < 4.78 is 27.1. The SMILES string of the molecule is Cl.O=S(=O)(c1cc(Cl)ccc1Cl)N1CCN(Cc2ccc(Cl)cc2)CC1. The number of benzene rings is 2. The summed E-state index contributed by atoms with van der Waals surface area (Å²) in [6.45, 7) is 2.90. The lowest BCUT2D eigenvalue weighted by Gasteiger charge is -2.34. The second-order valence-corrected chi connectivity index (χ2v) is 9.07. The summed E-state index contributed by atoms with van der Waals surface area (Å²) >= 11 is 17.9. The lowest BCUT2D eigenvalue weighted by Crippen LogP contribution is -2.48. The first-order valence-electron chi connectivity index (χ1n) is 7.78. The third-order valence-electron chi connectivity index (χ3n) is 4.16. The van der Waals surface area contributed by atoms with Crippen molar-refractivity contribution < 1.29 is 8.42 Å². The van der Waals surface area contributed by atoms with E-state index in [0.717, 1.165) is 12.1 Å². The average Bonchev–Trinajstić information content (AvgIpc) is 2.59. The fraction of sp³-hybridized carbons (Fsp3) is 0.294. The lowest BCUT2D eigenvalue weighted by molar-refractivity contribution is 0.181. The minimum Gasteiger partial charge on any atom is -0.296 e. The van der Waals surface area contributed by atoms with E-state index in [-0.39, 0.29) is 22.3 Å². The number of rotatable bonds is 4. The monoisotopic (exact) mass is 454 g/mol. The van der Waals surface area contributed by atoms with Crippen molar-refractivity contribution in [2.45, 2.75) is 11.4 Å². The molecule has 1 heterocycles. The molecule has 0 bridgehead atoms. The lowest BCUT2D eigenvalue weighted by atomic mass is 10.2. The summed E-state index contributed by atoms with van der Waals surface area (Å²) in [6.07, 6.45) is 0. The summed E-state index contributed by atoms with van der Waals surface area (Å²) in [5, 5.41) is 1.25. The Labute approximate surface area is 175 Å². The average molecular weight is 456 g/mol. The molecule has 0 aliphatic carbocycles. The third kappa shape index (κ3) is 5.04. The molecule has 2 aromatic rings. The van der Waals surface area contributed by atoms with Gasteiger partial charge in [-0.1, -0.05) is 46.9 Å². The van der Waals surface area contributed by atoms with E-state index in [4.69, 9.17) is 34.8 Å². The van der Waals surface area contributed by atoms with Crippen LogP contribution < -0.4 is 0 Å². The zero-order valence-corrected chi connectivity index (χ0v) is 17.6. The van der Waals surface area contributed by atoms with E-state index in [9.17, 15) is 8.42 Å². The number of nitrogens with zero attached hydrogens (tertiary/aromatic N) is 2. The third-order valence-corrected chi connectivity index (χ3v) is 7.03. The van der Waals surface area contributed by atoms with Crippen LogP contribution in [0.4, 0.5) is 0 Å². The Hall–Kier alpha value is -0.530. The predicted octanol–water partition coefficient (Wildman–Crippen LogP) is 4.58. The molecule has 2 aromatic carbocycles. The van der Waals surface area contributed by atoms with Crippen LogP contribution in [0.15, 0.2) is 47.4 Å². The molecule has 3 rings (SSSR count). The van der Waals surface area contributed by atoms with E-state index >= 15 is 0 Å². The highest BCUT2D eigenvalue weighted by molar-refractivity contribution is 7.89. The van der Waals surface area contributed by atoms with Crippen molar-refractivity contribution in [1.29, 1.82) is 0 Å². The quantitative estimate of drug-likeness (QED) is 0.677. The highest BCUT2D eigenvalue weighted by Crippen LogP contribution is 2.28. The minimum atomic E-state index is -3.64. The van der Waals surface area contributed by atoms with Crippen molar-refractivity contribution in [3.63, 3.8) is 0 Å². The summed E-state index contributed by atoms with van der Waals surface area (Å²) in [5.74, 6) is 0. The first kappa shape index (κ1) is 21.8. The van der Waals surface area contributed by atoms with Crippen LogP contribution in [0.5, 0.6) is 0 Å². The summed E-state index contributed by atoms with van der Waals surface area (Å²) in [6, 6.07) is 12.2. The van der Waals surface area contributed by atoms with Crippen molar-refractivity contribution in [1.82, 2.24) is 9.21 Å². The second-order valence-electron chi connectivity index (χ2n) is 5.88. The molecule has 142 valence electrons. The Morgan fingerprint density at radius 2 is 1.42 bits per heavy atom. The molecule has 9 heteroatoms. The first-order valence-corrected chi connectivity index (χ1v) is 10.4. The molecule has 0 saturated carbocycles. The van der Waals surface area contributed by atoms with E-state index in [0.29, 0.717) is 36.2 Å². The maximum absolute atomic E-state index is 12.8. The van der Waals surface area contributed by atoms with Crippen molar-refractivity contribution in [2.75, 3.05) is 26.2 Å². The largest absolute Gasteiger partial charge is 0.296 e. The van der Waals surface area contributed by atoms with Crippen LogP contribution in [0.1, 0.15) is 5.56 Å². The molecular weight excluding hydrogens is 438 g/mol. The number of piperazine rings is 1. The summed E-state index contributed by atoms with van der Waals surface area (Å²) in [7, 11) is -3.64. The van der Waals surface area contributed by atoms with Gasteiger partial charge in [0.15, 0.2) is 0 Å². The number of hydrogen-bond acceptors (Lipinski definition) is 3. The van der Waals surface area contributed by atoms with Gasteiger partial charge in [0.2, 0.25) is 10.0 Å². The molecule has 26 heavy (non-hydrogen) atoms. The van der Waals surface area contributed by atoms with Gasteiger partial charge in [0.25, 0.3) is 0 Å². The van der Waals surface area contributed by atoms with Gasteiger partial charge in [0, 0.05) is 42.8 Å². The van der Waals surface area contributed by atoms with E-state index in [1.54, 1.807) is 6.07 Å². The van der Waals surface area contributed by atoms with Gasteiger partial charge in [-0.15, -0.1) is 12.4 Å². The van der Waals surface area contributed by atoms with Crippen LogP contribution in [0.2, 0.25) is 15.1 Å². The molecule has 4 nitrogen and oxygen atoms in total. The number of sulfonamides is 1. The van der Waals surface area contributed by atoms with E-state index in [1.807, 2.05) is 24.3 Å². The molecule has 0 unspecified atom stereocenters. The normalized spacial score (nSPS) is 16.3. The first-order chi connectivity index (χ1) is 11.9. The Morgan fingerprint density at radius 3 is 2.04 bits per heavy atom. The van der Waals surface area contributed by atoms with Gasteiger partial charge in [-0.2, -0.15) is 4.31 Å². The summed E-state index contributed by atoms with van der Waals surface area (Å²) in [5.41, 5.74) is 1.15. The van der Waals surface area contributed by atoms with Crippen molar-refractivity contribution >= 4 is 57.2 Å². The molecule has 0 radical (unpaired) electrons. The fourth-order valence-electron chi connectivity index (χ4n) is 2.79. The Bertz CT molecular complexity index is 852. The van der Waals surface area contributed by atoms with Crippen molar-refractivity contribution in [2.24, 2.45) is 0 Å². The fourth-order valence-corrected chi connectivity index (χ4v) is 5.08. The van der Waals surface area contributed by atoms with E-state index in [1.165, 1.54) is 16.4 Å². The Kier molecular flexibility index (Phi) is 7.62. The van der Waals surface area contributed by atoms with Gasteiger partial charge in [-0.25, -0.2) is 8.42 Å². The number of hydrogen-bond donors (Lipinski definition) is 0. The van der Waals surface area contributed by atoms with Crippen LogP contribution in [-0.2, 0) is 16.6 Å². The van der Waals surface area contributed by atoms with Crippen molar-refractivity contribution in [3.8, 4) is 0 Å². The zero-order chi connectivity index (χ0) is 18.0. The van der Waals surface area contributed by atoms with Gasteiger partial charge in [-0.3, -0.25) is 4.90 Å². The van der Waals surface area contributed by atoms with Crippen LogP contribution in [0.25, 0.3) is 0 Å². The van der Waals surface area contributed by atoms with Gasteiger partial charge >= 0.3 is 0 Å². The van der Waals surface area contributed by atoms with Gasteiger partial charge < -0.3 is 0 Å². The molecule has 1 fully saturated rings. The van der Waals surface area contributed by atoms with Crippen LogP contribution in [0, 0.1) is 0 Å². The molecule has 0 spiro atoms. The zero-order valence-electron chi connectivity index (χ0n) is 13.7. The Morgan fingerprint density at radius 1 is 0.846 bits per heavy atom. The van der Waals surface area contributed by atoms with Crippen LogP contribution in [-0.4, -0.2) is 43.8 Å². The molecule has 1 aliphatic rings. The number of halogens is 4. The Balaban J connectivity index is 0.00000243. The van der Waals surface area contributed by atoms with Gasteiger partial charge in [0.05, 0.1) is 5.02 Å². The molecule has 0 amide bonds. The molecule has 0 aromatic heterocycles. The van der Waals surface area contributed by atoms with Gasteiger partial charge in [0.1, 0.15) is 4.90 Å². The second kappa shape index (κ2) is 9.11. The molecule has 0 N–H and O–H groups in total. The highest BCUT2D eigenvalue weighted by Gasteiger charge is 2.30. The predicted molar refractivity (Wildman–Crippen MR) is 109 cm³/mol. The summed E-state index contributed by atoms with van der Waals surface area (Å²) in [4.78, 5) is 2.28. The maximum atomic E-state index is 12.8.